The zero-order chi connectivity index (χ0) is 19.1. The summed E-state index contributed by atoms with van der Waals surface area (Å²) in [7, 11) is 0. The average Bonchev–Trinajstić information content (AvgIpc) is 3.09. The van der Waals surface area contributed by atoms with Crippen molar-refractivity contribution in [3.05, 3.63) is 40.9 Å². The molecule has 1 fully saturated rings. The van der Waals surface area contributed by atoms with E-state index in [4.69, 9.17) is 4.74 Å². The number of hydrogen-bond donors (Lipinski definition) is 1. The Kier molecular flexibility index (Phi) is 7.24. The Bertz CT molecular complexity index is 739. The van der Waals surface area contributed by atoms with Crippen molar-refractivity contribution >= 4 is 22.4 Å². The van der Waals surface area contributed by atoms with Crippen molar-refractivity contribution in [1.82, 2.24) is 9.88 Å². The SMILES string of the molecule is Cc1ccccc1OCCCC(=O)Nc1nc(CN2CCC(C)CC2)cs1. The smallest absolute Gasteiger partial charge is 0.226 e. The van der Waals surface area contributed by atoms with Gasteiger partial charge in [0.05, 0.1) is 12.3 Å². The van der Waals surface area contributed by atoms with Crippen LogP contribution in [0.2, 0.25) is 0 Å². The number of para-hydroxylation sites is 1. The van der Waals surface area contributed by atoms with Crippen molar-refractivity contribution in [2.45, 2.75) is 46.1 Å². The van der Waals surface area contributed by atoms with Crippen LogP contribution in [-0.2, 0) is 11.3 Å². The molecule has 0 aliphatic carbocycles. The third-order valence-electron chi connectivity index (χ3n) is 4.96. The molecule has 5 nitrogen and oxygen atoms in total. The maximum atomic E-state index is 12.1. The van der Waals surface area contributed by atoms with Crippen LogP contribution in [0.15, 0.2) is 29.6 Å². The molecule has 0 saturated carbocycles. The quantitative estimate of drug-likeness (QED) is 0.679. The van der Waals surface area contributed by atoms with Crippen molar-refractivity contribution < 1.29 is 9.53 Å². The van der Waals surface area contributed by atoms with E-state index in [0.717, 1.165) is 42.6 Å². The second kappa shape index (κ2) is 9.85. The van der Waals surface area contributed by atoms with Crippen LogP contribution < -0.4 is 10.1 Å². The fraction of sp³-hybridized carbons (Fsp3) is 0.524. The molecule has 1 saturated heterocycles. The van der Waals surface area contributed by atoms with Gasteiger partial charge in [-0.1, -0.05) is 25.1 Å². The molecule has 1 aromatic heterocycles. The van der Waals surface area contributed by atoms with E-state index in [1.165, 1.54) is 24.2 Å². The van der Waals surface area contributed by atoms with Gasteiger partial charge in [0.1, 0.15) is 5.75 Å². The summed E-state index contributed by atoms with van der Waals surface area (Å²) in [6.45, 7) is 8.03. The van der Waals surface area contributed by atoms with Crippen LogP contribution >= 0.6 is 11.3 Å². The molecule has 1 N–H and O–H groups in total. The van der Waals surface area contributed by atoms with Crippen molar-refractivity contribution in [2.24, 2.45) is 5.92 Å². The van der Waals surface area contributed by atoms with Gasteiger partial charge in [-0.15, -0.1) is 11.3 Å². The van der Waals surface area contributed by atoms with Crippen molar-refractivity contribution in [1.29, 1.82) is 0 Å². The molecule has 0 atom stereocenters. The van der Waals surface area contributed by atoms with Gasteiger partial charge in [0, 0.05) is 18.3 Å². The molecule has 2 heterocycles. The molecule has 1 aliphatic rings. The van der Waals surface area contributed by atoms with Crippen LogP contribution in [0, 0.1) is 12.8 Å². The molecular weight excluding hydrogens is 358 g/mol. The zero-order valence-electron chi connectivity index (χ0n) is 16.2. The Morgan fingerprint density at radius 1 is 1.33 bits per heavy atom. The molecule has 3 rings (SSSR count). The summed E-state index contributed by atoms with van der Waals surface area (Å²) in [5.41, 5.74) is 2.16. The van der Waals surface area contributed by atoms with Crippen molar-refractivity contribution in [3.8, 4) is 5.75 Å². The number of anilines is 1. The number of rotatable bonds is 8. The first kappa shape index (κ1) is 19.8. The Morgan fingerprint density at radius 2 is 2.11 bits per heavy atom. The van der Waals surface area contributed by atoms with Crippen LogP contribution in [0.3, 0.4) is 0 Å². The summed E-state index contributed by atoms with van der Waals surface area (Å²) in [6, 6.07) is 7.92. The van der Waals surface area contributed by atoms with Crippen molar-refractivity contribution in [2.75, 3.05) is 25.0 Å². The Balaban J connectivity index is 1.36. The lowest BCUT2D eigenvalue weighted by atomic mass is 9.99. The van der Waals surface area contributed by atoms with Crippen LogP contribution in [0.1, 0.15) is 43.9 Å². The van der Waals surface area contributed by atoms with Gasteiger partial charge >= 0.3 is 0 Å². The van der Waals surface area contributed by atoms with E-state index in [0.29, 0.717) is 24.6 Å². The van der Waals surface area contributed by atoms with E-state index in [1.54, 1.807) is 0 Å². The first-order valence-corrected chi connectivity index (χ1v) is 10.6. The molecule has 1 aromatic carbocycles. The molecule has 27 heavy (non-hydrogen) atoms. The number of nitrogens with one attached hydrogen (secondary N) is 1. The maximum Gasteiger partial charge on any atom is 0.226 e. The molecule has 0 spiro atoms. The van der Waals surface area contributed by atoms with E-state index in [9.17, 15) is 4.79 Å². The van der Waals surface area contributed by atoms with Gasteiger partial charge in [0.15, 0.2) is 5.13 Å². The van der Waals surface area contributed by atoms with E-state index in [2.05, 4.69) is 27.5 Å². The summed E-state index contributed by atoms with van der Waals surface area (Å²) in [5.74, 6) is 1.71. The molecule has 6 heteroatoms. The first-order chi connectivity index (χ1) is 13.1. The predicted molar refractivity (Wildman–Crippen MR) is 110 cm³/mol. The van der Waals surface area contributed by atoms with Crippen molar-refractivity contribution in [3.63, 3.8) is 0 Å². The number of ether oxygens (including phenoxy) is 1. The second-order valence-electron chi connectivity index (χ2n) is 7.37. The summed E-state index contributed by atoms with van der Waals surface area (Å²) in [6.07, 6.45) is 3.64. The Labute approximate surface area is 165 Å². The molecule has 1 amide bonds. The van der Waals surface area contributed by atoms with Gasteiger partial charge in [0.25, 0.3) is 0 Å². The minimum atomic E-state index is -0.00363. The summed E-state index contributed by atoms with van der Waals surface area (Å²) in [5, 5.41) is 5.66. The standard InChI is InChI=1S/C21H29N3O2S/c1-16-9-11-24(12-10-16)14-18-15-27-21(22-18)23-20(25)8-5-13-26-19-7-4-3-6-17(19)2/h3-4,6-7,15-16H,5,8-14H2,1-2H3,(H,22,23,25). The normalized spacial score (nSPS) is 15.6. The highest BCUT2D eigenvalue weighted by atomic mass is 32.1. The molecule has 0 unspecified atom stereocenters. The van der Waals surface area contributed by atoms with E-state index in [-0.39, 0.29) is 5.91 Å². The second-order valence-corrected chi connectivity index (χ2v) is 8.23. The third-order valence-corrected chi connectivity index (χ3v) is 5.77. The fourth-order valence-corrected chi connectivity index (χ4v) is 3.92. The highest BCUT2D eigenvalue weighted by Gasteiger charge is 2.17. The lowest BCUT2D eigenvalue weighted by Gasteiger charge is -2.29. The summed E-state index contributed by atoms with van der Waals surface area (Å²) >= 11 is 1.50. The minimum absolute atomic E-state index is 0.00363. The summed E-state index contributed by atoms with van der Waals surface area (Å²) in [4.78, 5) is 19.1. The number of nitrogens with zero attached hydrogens (tertiary/aromatic N) is 2. The van der Waals surface area contributed by atoms with Crippen LogP contribution in [-0.4, -0.2) is 35.5 Å². The van der Waals surface area contributed by atoms with Gasteiger partial charge in [-0.25, -0.2) is 4.98 Å². The Morgan fingerprint density at radius 3 is 2.89 bits per heavy atom. The number of aryl methyl sites for hydroxylation is 1. The number of thiazole rings is 1. The maximum absolute atomic E-state index is 12.1. The molecule has 2 aromatic rings. The zero-order valence-corrected chi connectivity index (χ0v) is 17.1. The van der Waals surface area contributed by atoms with E-state index < -0.39 is 0 Å². The third kappa shape index (κ3) is 6.33. The number of aromatic nitrogens is 1. The number of likely N-dealkylation sites (tertiary alicyclic amines) is 1. The highest BCUT2D eigenvalue weighted by Crippen LogP contribution is 2.21. The van der Waals surface area contributed by atoms with E-state index in [1.807, 2.05) is 31.2 Å². The minimum Gasteiger partial charge on any atom is -0.493 e. The number of piperidine rings is 1. The molecule has 1 aliphatic heterocycles. The van der Waals surface area contributed by atoms with Crippen LogP contribution in [0.5, 0.6) is 5.75 Å². The molecule has 0 radical (unpaired) electrons. The predicted octanol–water partition coefficient (Wildman–Crippen LogP) is 4.48. The average molecular weight is 388 g/mol. The van der Waals surface area contributed by atoms with Gasteiger partial charge in [0.2, 0.25) is 5.91 Å². The monoisotopic (exact) mass is 387 g/mol. The highest BCUT2D eigenvalue weighted by molar-refractivity contribution is 7.13. The topological polar surface area (TPSA) is 54.5 Å². The number of benzene rings is 1. The number of amides is 1. The van der Waals surface area contributed by atoms with Gasteiger partial charge in [-0.3, -0.25) is 9.69 Å². The van der Waals surface area contributed by atoms with Gasteiger partial charge < -0.3 is 10.1 Å². The van der Waals surface area contributed by atoms with E-state index >= 15 is 0 Å². The number of carbonyl (C=O) groups is 1. The summed E-state index contributed by atoms with van der Waals surface area (Å²) < 4.78 is 5.74. The first-order valence-electron chi connectivity index (χ1n) is 9.75. The lowest BCUT2D eigenvalue weighted by Crippen LogP contribution is -2.32. The number of hydrogen-bond acceptors (Lipinski definition) is 5. The molecule has 0 bridgehead atoms. The van der Waals surface area contributed by atoms with Gasteiger partial charge in [-0.05, 0) is 56.8 Å². The van der Waals surface area contributed by atoms with Gasteiger partial charge in [-0.2, -0.15) is 0 Å². The lowest BCUT2D eigenvalue weighted by molar-refractivity contribution is -0.116. The largest absolute Gasteiger partial charge is 0.493 e. The van der Waals surface area contributed by atoms with Crippen LogP contribution in [0.4, 0.5) is 5.13 Å². The molecule has 146 valence electrons. The van der Waals surface area contributed by atoms with Crippen LogP contribution in [0.25, 0.3) is 0 Å². The fourth-order valence-electron chi connectivity index (χ4n) is 3.20. The number of carbonyl (C=O) groups excluding carboxylic acids is 1. The Hall–Kier alpha value is -1.92. The molecular formula is C21H29N3O2S.